The van der Waals surface area contributed by atoms with E-state index in [0.717, 1.165) is 12.2 Å². The first kappa shape index (κ1) is 10.9. The molecule has 3 heteroatoms. The summed E-state index contributed by atoms with van der Waals surface area (Å²) in [7, 11) is 0. The molecule has 0 amide bonds. The van der Waals surface area contributed by atoms with Gasteiger partial charge in [-0.1, -0.05) is 36.9 Å². The zero-order valence-electron chi connectivity index (χ0n) is 7.90. The van der Waals surface area contributed by atoms with Crippen LogP contribution in [-0.2, 0) is 10.6 Å². The Bertz CT molecular complexity index is 297. The van der Waals surface area contributed by atoms with Gasteiger partial charge < -0.3 is 4.18 Å². The molecule has 1 rings (SSSR count). The van der Waals surface area contributed by atoms with Crippen molar-refractivity contribution in [3.8, 4) is 0 Å². The Morgan fingerprint density at radius 1 is 1.43 bits per heavy atom. The maximum absolute atomic E-state index is 7.16. The van der Waals surface area contributed by atoms with E-state index in [0.29, 0.717) is 0 Å². The zero-order chi connectivity index (χ0) is 10.2. The summed E-state index contributed by atoms with van der Waals surface area (Å²) >= 11 is 1.28. The van der Waals surface area contributed by atoms with Crippen LogP contribution in [0.15, 0.2) is 43.0 Å². The summed E-state index contributed by atoms with van der Waals surface area (Å²) < 4.78 is 4.99. The van der Waals surface area contributed by atoms with Crippen molar-refractivity contribution in [1.29, 1.82) is 5.41 Å². The van der Waals surface area contributed by atoms with Crippen LogP contribution in [0.3, 0.4) is 0 Å². The second-order valence-electron chi connectivity index (χ2n) is 2.71. The maximum atomic E-state index is 7.16. The first-order chi connectivity index (χ1) is 6.83. The van der Waals surface area contributed by atoms with Gasteiger partial charge in [-0.3, -0.25) is 5.41 Å². The first-order valence-corrected chi connectivity index (χ1v) is 5.28. The highest BCUT2D eigenvalue weighted by Gasteiger charge is 1.94. The summed E-state index contributed by atoms with van der Waals surface area (Å²) in [5.74, 6) is 0.961. The smallest absolute Gasteiger partial charge is 0.219 e. The van der Waals surface area contributed by atoms with Crippen LogP contribution in [0.2, 0.25) is 0 Å². The Balaban J connectivity index is 2.16. The van der Waals surface area contributed by atoms with Crippen molar-refractivity contribution in [2.45, 2.75) is 6.42 Å². The molecule has 0 aliphatic carbocycles. The van der Waals surface area contributed by atoms with Crippen LogP contribution < -0.4 is 0 Å². The molecule has 0 bridgehead atoms. The van der Waals surface area contributed by atoms with E-state index in [2.05, 4.69) is 18.7 Å². The third-order valence-electron chi connectivity index (χ3n) is 1.65. The van der Waals surface area contributed by atoms with E-state index in [-0.39, 0.29) is 5.90 Å². The zero-order valence-corrected chi connectivity index (χ0v) is 8.72. The summed E-state index contributed by atoms with van der Waals surface area (Å²) in [5.41, 5.74) is 1.29. The minimum absolute atomic E-state index is 0.114. The number of benzene rings is 1. The van der Waals surface area contributed by atoms with Crippen molar-refractivity contribution in [1.82, 2.24) is 0 Å². The van der Waals surface area contributed by atoms with Gasteiger partial charge in [-0.15, -0.1) is 0 Å². The molecule has 1 aromatic rings. The lowest BCUT2D eigenvalue weighted by atomic mass is 10.2. The van der Waals surface area contributed by atoms with Gasteiger partial charge in [0.15, 0.2) is 0 Å². The molecule has 0 saturated carbocycles. The molecular weight excluding hydrogens is 194 g/mol. The van der Waals surface area contributed by atoms with Crippen LogP contribution >= 0.6 is 12.0 Å². The van der Waals surface area contributed by atoms with Crippen LogP contribution in [0, 0.1) is 5.41 Å². The molecule has 0 aliphatic heterocycles. The van der Waals surface area contributed by atoms with E-state index in [1.807, 2.05) is 18.2 Å². The average Bonchev–Trinajstić information content (AvgIpc) is 2.25. The van der Waals surface area contributed by atoms with E-state index in [9.17, 15) is 0 Å². The lowest BCUT2D eigenvalue weighted by Gasteiger charge is -2.01. The molecule has 0 aliphatic rings. The number of rotatable bonds is 5. The predicted molar refractivity (Wildman–Crippen MR) is 61.6 cm³/mol. The first-order valence-electron chi connectivity index (χ1n) is 4.37. The predicted octanol–water partition coefficient (Wildman–Crippen LogP) is 3.06. The fourth-order valence-electron chi connectivity index (χ4n) is 0.943. The van der Waals surface area contributed by atoms with Crippen molar-refractivity contribution in [2.75, 3.05) is 5.75 Å². The molecule has 0 spiro atoms. The van der Waals surface area contributed by atoms with Crippen molar-refractivity contribution >= 4 is 17.9 Å². The fourth-order valence-corrected chi connectivity index (χ4v) is 1.54. The van der Waals surface area contributed by atoms with Crippen molar-refractivity contribution in [2.24, 2.45) is 0 Å². The Morgan fingerprint density at radius 3 is 2.79 bits per heavy atom. The normalized spacial score (nSPS) is 9.43. The molecule has 1 aromatic carbocycles. The van der Waals surface area contributed by atoms with E-state index in [4.69, 9.17) is 9.59 Å². The summed E-state index contributed by atoms with van der Waals surface area (Å²) in [5, 5.41) is 7.16. The lowest BCUT2D eigenvalue weighted by Crippen LogP contribution is -1.94. The van der Waals surface area contributed by atoms with Crippen molar-refractivity contribution in [3.63, 3.8) is 0 Å². The van der Waals surface area contributed by atoms with E-state index < -0.39 is 0 Å². The van der Waals surface area contributed by atoms with Gasteiger partial charge in [-0.25, -0.2) is 0 Å². The molecule has 0 heterocycles. The molecule has 0 fully saturated rings. The molecule has 0 saturated heterocycles. The van der Waals surface area contributed by atoms with Gasteiger partial charge >= 0.3 is 0 Å². The second-order valence-corrected chi connectivity index (χ2v) is 3.52. The summed E-state index contributed by atoms with van der Waals surface area (Å²) in [4.78, 5) is 0. The molecule has 0 unspecified atom stereocenters. The summed E-state index contributed by atoms with van der Waals surface area (Å²) in [6, 6.07) is 10.2. The van der Waals surface area contributed by atoms with Crippen molar-refractivity contribution in [3.05, 3.63) is 48.6 Å². The highest BCUT2D eigenvalue weighted by atomic mass is 32.2. The second kappa shape index (κ2) is 6.27. The van der Waals surface area contributed by atoms with Gasteiger partial charge in [-0.05, 0) is 18.1 Å². The molecule has 1 N–H and O–H groups in total. The van der Waals surface area contributed by atoms with E-state index >= 15 is 0 Å². The van der Waals surface area contributed by atoms with Gasteiger partial charge in [-0.2, -0.15) is 0 Å². The largest absolute Gasteiger partial charge is 0.406 e. The Labute approximate surface area is 88.7 Å². The van der Waals surface area contributed by atoms with Crippen LogP contribution in [0.1, 0.15) is 5.56 Å². The molecule has 0 radical (unpaired) electrons. The van der Waals surface area contributed by atoms with E-state index in [1.165, 1.54) is 23.7 Å². The lowest BCUT2D eigenvalue weighted by molar-refractivity contribution is 0.643. The Kier molecular flexibility index (Phi) is 4.86. The van der Waals surface area contributed by atoms with Crippen LogP contribution in [-0.4, -0.2) is 11.7 Å². The van der Waals surface area contributed by atoms with Crippen molar-refractivity contribution < 1.29 is 4.18 Å². The summed E-state index contributed by atoms with van der Waals surface area (Å²) in [6.07, 6.45) is 2.34. The molecule has 14 heavy (non-hydrogen) atoms. The maximum Gasteiger partial charge on any atom is 0.219 e. The third kappa shape index (κ3) is 4.14. The van der Waals surface area contributed by atoms with Gasteiger partial charge in [0.25, 0.3) is 0 Å². The highest BCUT2D eigenvalue weighted by molar-refractivity contribution is 7.95. The fraction of sp³-hybridized carbons (Fsp3) is 0.182. The molecule has 0 atom stereocenters. The molecule has 74 valence electrons. The SMILES string of the molecule is C=CC(=N)OSCCc1ccccc1. The van der Waals surface area contributed by atoms with Gasteiger partial charge in [0.05, 0.1) is 12.0 Å². The number of nitrogens with one attached hydrogen (secondary N) is 1. The minimum Gasteiger partial charge on any atom is -0.406 e. The van der Waals surface area contributed by atoms with Crippen LogP contribution in [0.4, 0.5) is 0 Å². The van der Waals surface area contributed by atoms with Crippen LogP contribution in [0.25, 0.3) is 0 Å². The van der Waals surface area contributed by atoms with Gasteiger partial charge in [0, 0.05) is 5.75 Å². The van der Waals surface area contributed by atoms with Gasteiger partial charge in [0.1, 0.15) is 0 Å². The van der Waals surface area contributed by atoms with Crippen LogP contribution in [0.5, 0.6) is 0 Å². The number of aryl methyl sites for hydroxylation is 1. The third-order valence-corrected chi connectivity index (χ3v) is 2.32. The average molecular weight is 207 g/mol. The summed E-state index contributed by atoms with van der Waals surface area (Å²) in [6.45, 7) is 3.43. The van der Waals surface area contributed by atoms with E-state index in [1.54, 1.807) is 0 Å². The number of hydrogen-bond acceptors (Lipinski definition) is 3. The molecular formula is C11H13NOS. The monoisotopic (exact) mass is 207 g/mol. The quantitative estimate of drug-likeness (QED) is 0.348. The Morgan fingerprint density at radius 2 is 2.14 bits per heavy atom. The standard InChI is InChI=1S/C11H13NOS/c1-2-11(12)13-14-9-8-10-6-4-3-5-7-10/h2-7,12H,1,8-9H2. The molecule has 2 nitrogen and oxygen atoms in total. The minimum atomic E-state index is 0.114. The Hall–Kier alpha value is -1.22. The molecule has 0 aromatic heterocycles. The highest BCUT2D eigenvalue weighted by Crippen LogP contribution is 2.08. The van der Waals surface area contributed by atoms with Gasteiger partial charge in [0.2, 0.25) is 5.90 Å². The topological polar surface area (TPSA) is 33.1 Å². The number of hydrogen-bond donors (Lipinski definition) is 1.